The van der Waals surface area contributed by atoms with Crippen molar-refractivity contribution >= 4 is 45.3 Å². The summed E-state index contributed by atoms with van der Waals surface area (Å²) in [5.41, 5.74) is 2.72. The summed E-state index contributed by atoms with van der Waals surface area (Å²) in [5, 5.41) is 16.5. The maximum Gasteiger partial charge on any atom is 0.326 e. The molecule has 0 aliphatic carbocycles. The zero-order valence-corrected chi connectivity index (χ0v) is 19.0. The van der Waals surface area contributed by atoms with Crippen LogP contribution in [-0.4, -0.2) is 38.5 Å². The Kier molecular flexibility index (Phi) is 6.58. The molecule has 0 fully saturated rings. The molecule has 2 aromatic heterocycles. The average molecular weight is 459 g/mol. The van der Waals surface area contributed by atoms with Crippen LogP contribution >= 0.6 is 0 Å². The summed E-state index contributed by atoms with van der Waals surface area (Å²) in [7, 11) is 0. The van der Waals surface area contributed by atoms with Gasteiger partial charge in [-0.05, 0) is 48.7 Å². The van der Waals surface area contributed by atoms with E-state index in [0.29, 0.717) is 17.7 Å². The minimum atomic E-state index is -1.04. The first-order chi connectivity index (χ1) is 16.3. The van der Waals surface area contributed by atoms with Crippen LogP contribution in [0.3, 0.4) is 0 Å². The fourth-order valence-electron chi connectivity index (χ4n) is 4.00. The standard InChI is InChI=1S/C26H26N4O4/c1-16(2)13-22(26(33)34)29-24(31)15-30-12-10-17-14-18(7-8-23(17)30)28-25(32)20-9-11-27-21-6-4-3-5-19(20)21/h3-12,14,16,22H,13,15H2,1-2H3,(H,28,32)(H,29,31)(H,33,34)/t22-/m0/s1. The molecule has 0 bridgehead atoms. The van der Waals surface area contributed by atoms with Gasteiger partial charge in [-0.15, -0.1) is 0 Å². The lowest BCUT2D eigenvalue weighted by Gasteiger charge is -2.17. The summed E-state index contributed by atoms with van der Waals surface area (Å²) in [6.45, 7) is 3.82. The fourth-order valence-corrected chi connectivity index (χ4v) is 4.00. The van der Waals surface area contributed by atoms with Gasteiger partial charge < -0.3 is 20.3 Å². The van der Waals surface area contributed by atoms with Gasteiger partial charge in [-0.3, -0.25) is 14.6 Å². The van der Waals surface area contributed by atoms with Crippen LogP contribution in [-0.2, 0) is 16.1 Å². The Labute approximate surface area is 196 Å². The number of amides is 2. The van der Waals surface area contributed by atoms with E-state index in [2.05, 4.69) is 15.6 Å². The molecule has 8 heteroatoms. The molecule has 0 aliphatic rings. The van der Waals surface area contributed by atoms with E-state index in [1.165, 1.54) is 0 Å². The number of carboxylic acid groups (broad SMARTS) is 1. The highest BCUT2D eigenvalue weighted by Crippen LogP contribution is 2.23. The van der Waals surface area contributed by atoms with Crippen molar-refractivity contribution in [2.75, 3.05) is 5.32 Å². The molecule has 3 N–H and O–H groups in total. The molecule has 0 unspecified atom stereocenters. The monoisotopic (exact) mass is 458 g/mol. The number of carbonyl (C=O) groups is 3. The van der Waals surface area contributed by atoms with E-state index in [1.807, 2.05) is 56.3 Å². The van der Waals surface area contributed by atoms with Crippen molar-refractivity contribution in [1.29, 1.82) is 0 Å². The van der Waals surface area contributed by atoms with Crippen molar-refractivity contribution < 1.29 is 19.5 Å². The predicted octanol–water partition coefficient (Wildman–Crippen LogP) is 4.06. The summed E-state index contributed by atoms with van der Waals surface area (Å²) in [4.78, 5) is 41.1. The maximum atomic E-state index is 12.9. The Bertz CT molecular complexity index is 1370. The normalized spacial score (nSPS) is 12.1. The summed E-state index contributed by atoms with van der Waals surface area (Å²) in [6, 6.07) is 15.5. The van der Waals surface area contributed by atoms with Gasteiger partial charge in [0, 0.05) is 34.4 Å². The van der Waals surface area contributed by atoms with Crippen molar-refractivity contribution in [3.05, 3.63) is 72.6 Å². The number of nitrogens with one attached hydrogen (secondary N) is 2. The van der Waals surface area contributed by atoms with E-state index in [9.17, 15) is 19.5 Å². The molecule has 8 nitrogen and oxygen atoms in total. The number of pyridine rings is 1. The molecule has 174 valence electrons. The smallest absolute Gasteiger partial charge is 0.326 e. The molecule has 2 aromatic carbocycles. The first-order valence-corrected chi connectivity index (χ1v) is 11.1. The van der Waals surface area contributed by atoms with Crippen LogP contribution in [0.15, 0.2) is 67.0 Å². The van der Waals surface area contributed by atoms with E-state index < -0.39 is 12.0 Å². The predicted molar refractivity (Wildman–Crippen MR) is 131 cm³/mol. The van der Waals surface area contributed by atoms with Crippen LogP contribution in [0.1, 0.15) is 30.6 Å². The van der Waals surface area contributed by atoms with Crippen LogP contribution in [0.25, 0.3) is 21.8 Å². The number of carbonyl (C=O) groups excluding carboxylic acids is 2. The lowest BCUT2D eigenvalue weighted by Crippen LogP contribution is -2.43. The van der Waals surface area contributed by atoms with Gasteiger partial charge in [0.1, 0.15) is 12.6 Å². The second-order valence-electron chi connectivity index (χ2n) is 8.63. The number of rotatable bonds is 8. The molecule has 4 rings (SSSR count). The van der Waals surface area contributed by atoms with Crippen molar-refractivity contribution in [3.8, 4) is 0 Å². The molecule has 0 radical (unpaired) electrons. The lowest BCUT2D eigenvalue weighted by molar-refractivity contribution is -0.142. The zero-order valence-electron chi connectivity index (χ0n) is 19.0. The van der Waals surface area contributed by atoms with Crippen molar-refractivity contribution in [2.24, 2.45) is 5.92 Å². The first-order valence-electron chi connectivity index (χ1n) is 11.1. The fraction of sp³-hybridized carbons (Fsp3) is 0.231. The molecule has 2 amide bonds. The zero-order chi connectivity index (χ0) is 24.2. The van der Waals surface area contributed by atoms with Crippen molar-refractivity contribution in [1.82, 2.24) is 14.9 Å². The molecule has 1 atom stereocenters. The third-order valence-electron chi connectivity index (χ3n) is 5.58. The third kappa shape index (κ3) is 5.06. The number of hydrogen-bond acceptors (Lipinski definition) is 4. The third-order valence-corrected chi connectivity index (χ3v) is 5.58. The van der Waals surface area contributed by atoms with Crippen LogP contribution < -0.4 is 10.6 Å². The molecular formula is C26H26N4O4. The van der Waals surface area contributed by atoms with Crippen molar-refractivity contribution in [2.45, 2.75) is 32.9 Å². The van der Waals surface area contributed by atoms with E-state index in [4.69, 9.17) is 0 Å². The minimum Gasteiger partial charge on any atom is -0.480 e. The molecule has 0 saturated carbocycles. The van der Waals surface area contributed by atoms with Crippen LogP contribution in [0.2, 0.25) is 0 Å². The number of aliphatic carboxylic acids is 1. The van der Waals surface area contributed by atoms with Crippen molar-refractivity contribution in [3.63, 3.8) is 0 Å². The van der Waals surface area contributed by atoms with E-state index in [-0.39, 0.29) is 24.3 Å². The quantitative estimate of drug-likeness (QED) is 0.369. The van der Waals surface area contributed by atoms with Crippen LogP contribution in [0.5, 0.6) is 0 Å². The van der Waals surface area contributed by atoms with E-state index >= 15 is 0 Å². The first kappa shape index (κ1) is 23.0. The average Bonchev–Trinajstić information content (AvgIpc) is 3.19. The lowest BCUT2D eigenvalue weighted by atomic mass is 10.0. The number of anilines is 1. The van der Waals surface area contributed by atoms with E-state index in [1.54, 1.807) is 29.1 Å². The number of fused-ring (bicyclic) bond motifs is 2. The number of hydrogen-bond donors (Lipinski definition) is 3. The van der Waals surface area contributed by atoms with Gasteiger partial charge in [-0.2, -0.15) is 0 Å². The molecule has 2 heterocycles. The number of carboxylic acids is 1. The van der Waals surface area contributed by atoms with Gasteiger partial charge in [0.05, 0.1) is 11.1 Å². The number of nitrogens with zero attached hydrogens (tertiary/aromatic N) is 2. The highest BCUT2D eigenvalue weighted by molar-refractivity contribution is 6.12. The molecule has 4 aromatic rings. The highest BCUT2D eigenvalue weighted by Gasteiger charge is 2.21. The van der Waals surface area contributed by atoms with Gasteiger partial charge in [0.25, 0.3) is 5.91 Å². The van der Waals surface area contributed by atoms with E-state index in [0.717, 1.165) is 21.8 Å². The molecule has 0 saturated heterocycles. The second-order valence-corrected chi connectivity index (χ2v) is 8.63. The molecule has 34 heavy (non-hydrogen) atoms. The van der Waals surface area contributed by atoms with Gasteiger partial charge in [-0.1, -0.05) is 32.0 Å². The summed E-state index contributed by atoms with van der Waals surface area (Å²) < 4.78 is 1.75. The second kappa shape index (κ2) is 9.74. The summed E-state index contributed by atoms with van der Waals surface area (Å²) in [6.07, 6.45) is 3.75. The minimum absolute atomic E-state index is 0.0000850. The summed E-state index contributed by atoms with van der Waals surface area (Å²) >= 11 is 0. The van der Waals surface area contributed by atoms with Gasteiger partial charge in [0.15, 0.2) is 0 Å². The van der Waals surface area contributed by atoms with Gasteiger partial charge >= 0.3 is 5.97 Å². The molecule has 0 aliphatic heterocycles. The Hall–Kier alpha value is -4.20. The number of aromatic nitrogens is 2. The topological polar surface area (TPSA) is 113 Å². The highest BCUT2D eigenvalue weighted by atomic mass is 16.4. The van der Waals surface area contributed by atoms with Gasteiger partial charge in [0.2, 0.25) is 5.91 Å². The Morgan fingerprint density at radius 2 is 1.85 bits per heavy atom. The van der Waals surface area contributed by atoms with Gasteiger partial charge in [-0.25, -0.2) is 4.79 Å². The Morgan fingerprint density at radius 3 is 2.62 bits per heavy atom. The SMILES string of the molecule is CC(C)C[C@H](NC(=O)Cn1ccc2cc(NC(=O)c3ccnc4ccccc34)ccc21)C(=O)O. The molecule has 0 spiro atoms. The largest absolute Gasteiger partial charge is 0.480 e. The number of benzene rings is 2. The van der Waals surface area contributed by atoms with Crippen LogP contribution in [0, 0.1) is 5.92 Å². The Morgan fingerprint density at radius 1 is 1.06 bits per heavy atom. The maximum absolute atomic E-state index is 12.9. The summed E-state index contributed by atoms with van der Waals surface area (Å²) in [5.74, 6) is -1.50. The molecular weight excluding hydrogens is 432 g/mol. The Balaban J connectivity index is 1.48. The number of para-hydroxylation sites is 1. The van der Waals surface area contributed by atoms with Crippen LogP contribution in [0.4, 0.5) is 5.69 Å².